The van der Waals surface area contributed by atoms with E-state index in [4.69, 9.17) is 10.5 Å². The zero-order valence-electron chi connectivity index (χ0n) is 52.5. The first kappa shape index (κ1) is 72.1. The van der Waals surface area contributed by atoms with E-state index in [0.29, 0.717) is 39.9 Å². The van der Waals surface area contributed by atoms with Crippen LogP contribution in [0.25, 0.3) is 10.9 Å². The Morgan fingerprint density at radius 1 is 0.819 bits per heavy atom. The van der Waals surface area contributed by atoms with Gasteiger partial charge < -0.3 is 83.5 Å². The number of amides is 13. The van der Waals surface area contributed by atoms with Gasteiger partial charge in [-0.3, -0.25) is 77.3 Å². The molecule has 1 fully saturated rings. The first-order chi connectivity index (χ1) is 44.5. The number of nitrogens with zero attached hydrogens (tertiary/aromatic N) is 2. The van der Waals surface area contributed by atoms with E-state index in [2.05, 4.69) is 58.2 Å². The number of aliphatic hydroxyl groups excluding tert-OH is 3. The third-order valence-corrected chi connectivity index (χ3v) is 17.7. The van der Waals surface area contributed by atoms with Gasteiger partial charge >= 0.3 is 0 Å². The number of H-pyrrole nitrogens is 1. The smallest absolute Gasteiger partial charge is 0.253 e. The maximum atomic E-state index is 15.0. The molecule has 4 aliphatic heterocycles. The van der Waals surface area contributed by atoms with Gasteiger partial charge in [0.25, 0.3) is 11.8 Å². The number of primary amides is 1. The van der Waals surface area contributed by atoms with Crippen LogP contribution in [0.2, 0.25) is 0 Å². The third kappa shape index (κ3) is 18.1. The van der Waals surface area contributed by atoms with E-state index < -0.39 is 200 Å². The summed E-state index contributed by atoms with van der Waals surface area (Å²) in [6.45, 7) is 6.35. The van der Waals surface area contributed by atoms with E-state index in [1.54, 1.807) is 70.2 Å². The zero-order chi connectivity index (χ0) is 68.9. The monoisotopic (exact) mass is 1330 g/mol. The molecule has 0 aliphatic carbocycles. The molecule has 2 aromatic carbocycles. The van der Waals surface area contributed by atoms with E-state index in [1.807, 2.05) is 0 Å². The van der Waals surface area contributed by atoms with Gasteiger partial charge in [-0.1, -0.05) is 53.2 Å². The SMILES string of the molecule is CC[C@H](C)[C@@H]1NC(=O)CNC(=O)C2Cc3c([nH]c4cc(OCc5ccc(NC(=O)[C@@H](C)NC(=O)[C@@H](NC(=O)CCN6C(=O)C=CC6=O)C(C)C)cc5)ccc34)SCC(NC(=O)CNC1=O)C(=O)N[C@@H](CC(N)=O)C(=O)N1C[C@H](O)C[C@]1(C=O)N[C@@H]([C@@H](C)[C@@H](O)CO)C(=O)N2. The number of aldehydes is 1. The summed E-state index contributed by atoms with van der Waals surface area (Å²) in [5.74, 6) is -13.2. The molecule has 0 saturated carbocycles. The van der Waals surface area contributed by atoms with Crippen LogP contribution in [0, 0.1) is 17.8 Å². The molecular formula is C61H80N14O18S. The molecule has 4 aliphatic rings. The van der Waals surface area contributed by atoms with Crippen molar-refractivity contribution in [2.45, 2.75) is 145 Å². The highest BCUT2D eigenvalue weighted by atomic mass is 32.2. The molecule has 12 atom stereocenters. The van der Waals surface area contributed by atoms with Crippen LogP contribution in [-0.4, -0.2) is 212 Å². The average molecular weight is 1330 g/mol. The van der Waals surface area contributed by atoms with Gasteiger partial charge in [-0.15, -0.1) is 11.8 Å². The summed E-state index contributed by atoms with van der Waals surface area (Å²) in [6, 6.07) is 1.06. The van der Waals surface area contributed by atoms with Gasteiger partial charge in [0.15, 0.2) is 11.9 Å². The van der Waals surface area contributed by atoms with Crippen molar-refractivity contribution in [3.8, 4) is 5.75 Å². The van der Waals surface area contributed by atoms with Crippen molar-refractivity contribution in [1.82, 2.24) is 62.6 Å². The number of nitrogens with two attached hydrogens (primary N) is 1. The molecule has 3 aromatic rings. The van der Waals surface area contributed by atoms with E-state index in [0.717, 1.165) is 33.7 Å². The number of hydrogen-bond donors (Lipinski definition) is 15. The molecule has 5 heterocycles. The Morgan fingerprint density at radius 2 is 1.49 bits per heavy atom. The minimum Gasteiger partial charge on any atom is -0.489 e. The van der Waals surface area contributed by atoms with Gasteiger partial charge in [-0.25, -0.2) is 0 Å². The van der Waals surface area contributed by atoms with Gasteiger partial charge in [0.2, 0.25) is 65.0 Å². The molecule has 2 bridgehead atoms. The highest BCUT2D eigenvalue weighted by Gasteiger charge is 2.53. The van der Waals surface area contributed by atoms with Crippen molar-refractivity contribution < 1.29 is 87.2 Å². The summed E-state index contributed by atoms with van der Waals surface area (Å²) >= 11 is 0.931. The van der Waals surface area contributed by atoms with Crippen LogP contribution < -0.4 is 63.6 Å². The van der Waals surface area contributed by atoms with Crippen molar-refractivity contribution in [1.29, 1.82) is 0 Å². The molecule has 16 N–H and O–H groups in total. The number of carbonyl (C=O) groups is 14. The van der Waals surface area contributed by atoms with E-state index in [1.165, 1.54) is 13.8 Å². The summed E-state index contributed by atoms with van der Waals surface area (Å²) in [5.41, 5.74) is 4.96. The number of carbonyl (C=O) groups excluding carboxylic acids is 14. The molecule has 2 unspecified atom stereocenters. The lowest BCUT2D eigenvalue weighted by atomic mass is 9.92. The number of fused-ring (bicyclic) bond motifs is 5. The van der Waals surface area contributed by atoms with E-state index in [-0.39, 0.29) is 36.6 Å². The molecule has 1 aromatic heterocycles. The van der Waals surface area contributed by atoms with Crippen molar-refractivity contribution in [2.24, 2.45) is 23.5 Å². The Hall–Kier alpha value is -9.31. The quantitative estimate of drug-likeness (QED) is 0.0377. The maximum absolute atomic E-state index is 15.0. The number of aromatic amines is 1. The molecule has 13 amide bonds. The number of aromatic nitrogens is 1. The van der Waals surface area contributed by atoms with Crippen molar-refractivity contribution >= 4 is 111 Å². The van der Waals surface area contributed by atoms with E-state index >= 15 is 4.79 Å². The van der Waals surface area contributed by atoms with Gasteiger partial charge in [-0.2, -0.15) is 0 Å². The van der Waals surface area contributed by atoms with Crippen molar-refractivity contribution in [3.05, 3.63) is 65.7 Å². The maximum Gasteiger partial charge on any atom is 0.253 e. The van der Waals surface area contributed by atoms with Crippen LogP contribution in [0.1, 0.15) is 78.4 Å². The van der Waals surface area contributed by atoms with Gasteiger partial charge in [-0.05, 0) is 54.2 Å². The Morgan fingerprint density at radius 3 is 2.13 bits per heavy atom. The lowest BCUT2D eigenvalue weighted by molar-refractivity contribution is -0.147. The third-order valence-electron chi connectivity index (χ3n) is 16.6. The molecule has 33 heteroatoms. The highest BCUT2D eigenvalue weighted by Crippen LogP contribution is 2.35. The Labute approximate surface area is 543 Å². The normalized spacial score (nSPS) is 24.3. The molecule has 32 nitrogen and oxygen atoms in total. The van der Waals surface area contributed by atoms with Crippen LogP contribution in [0.3, 0.4) is 0 Å². The van der Waals surface area contributed by atoms with Crippen LogP contribution in [0.5, 0.6) is 5.75 Å². The molecule has 1 saturated heterocycles. The number of benzene rings is 2. The van der Waals surface area contributed by atoms with Gasteiger partial charge in [0.05, 0.1) is 54.9 Å². The first-order valence-corrected chi connectivity index (χ1v) is 31.5. The number of ether oxygens (including phenoxy) is 1. The van der Waals surface area contributed by atoms with Crippen LogP contribution in [0.4, 0.5) is 5.69 Å². The van der Waals surface area contributed by atoms with Gasteiger partial charge in [0.1, 0.15) is 48.6 Å². The van der Waals surface area contributed by atoms with Crippen LogP contribution in [0.15, 0.2) is 59.6 Å². The number of anilines is 1. The predicted molar refractivity (Wildman–Crippen MR) is 334 cm³/mol. The molecule has 7 rings (SSSR count). The Balaban J connectivity index is 1.18. The summed E-state index contributed by atoms with van der Waals surface area (Å²) in [5, 5.41) is 59.1. The minimum atomic E-state index is -2.34. The Bertz CT molecular complexity index is 3440. The van der Waals surface area contributed by atoms with E-state index in [9.17, 15) is 77.6 Å². The topological polar surface area (TPSA) is 477 Å². The second-order valence-corrected chi connectivity index (χ2v) is 25.0. The van der Waals surface area contributed by atoms with Gasteiger partial charge in [0, 0.05) is 73.3 Å². The summed E-state index contributed by atoms with van der Waals surface area (Å²) < 4.78 is 6.21. The lowest BCUT2D eigenvalue weighted by Crippen LogP contribution is -2.69. The summed E-state index contributed by atoms with van der Waals surface area (Å²) in [6.07, 6.45) is -2.54. The zero-order valence-corrected chi connectivity index (χ0v) is 53.3. The lowest BCUT2D eigenvalue weighted by Gasteiger charge is -2.41. The summed E-state index contributed by atoms with van der Waals surface area (Å²) in [7, 11) is 0. The predicted octanol–water partition coefficient (Wildman–Crippen LogP) is -4.16. The minimum absolute atomic E-state index is 0.0257. The van der Waals surface area contributed by atoms with Crippen LogP contribution >= 0.6 is 11.8 Å². The second-order valence-electron chi connectivity index (χ2n) is 23.9. The van der Waals surface area contributed by atoms with Crippen molar-refractivity contribution in [2.75, 3.05) is 43.9 Å². The fraction of sp³-hybridized carbons (Fsp3) is 0.508. The second kappa shape index (κ2) is 32.0. The number of aliphatic hydroxyl groups is 3. The molecule has 0 spiro atoms. The fourth-order valence-corrected chi connectivity index (χ4v) is 12.1. The molecule has 0 radical (unpaired) electrons. The standard InChI is InChI=1S/C61H80N14O18S/c1-7-30(4)51-56(89)64-22-46(82)67-42-27-94-59-38(19-40(54(87)63-23-47(83)72-51)68-58(91)52(31(5)43(79)25-76)73-61(28-77)21-35(78)24-75(61)60(92)41(20-44(62)80)69-55(42)88)37-13-12-36(18-39(37)70-59)93-26-33-8-10-34(11-9-33)66-53(86)32(6)65-57(90)50(29(2)3)71-45(81)16-17-74-48(84)14-15-49(74)85/h8-15,18,28-32,35,40-43,50-52,70,73,76,78-79H,7,16-17,19-27H2,1-6H3,(H2,62,80)(H,63,87)(H,64,89)(H,65,90)(H,66,86)(H,67,82)(H,68,91)(H,69,88)(H,71,81)(H,72,83)/t30-,31-,32+,35+,40?,41-,42?,43-,50-,51-,52-,61-/m0/s1. The number of thioether (sulfide) groups is 1. The largest absolute Gasteiger partial charge is 0.489 e. The molecule has 508 valence electrons. The Kier molecular flexibility index (Phi) is 24.6. The fourth-order valence-electron chi connectivity index (χ4n) is 10.9. The molecule has 94 heavy (non-hydrogen) atoms. The number of imide groups is 1. The molecular weight excluding hydrogens is 1250 g/mol. The number of hydrogen-bond acceptors (Lipinski definition) is 20. The number of nitrogens with one attached hydrogen (secondary N) is 11. The highest BCUT2D eigenvalue weighted by molar-refractivity contribution is 7.99. The first-order valence-electron chi connectivity index (χ1n) is 30.5. The van der Waals surface area contributed by atoms with Crippen molar-refractivity contribution in [3.63, 3.8) is 0 Å². The van der Waals surface area contributed by atoms with Crippen LogP contribution in [-0.2, 0) is 80.2 Å². The number of rotatable bonds is 20. The average Bonchev–Trinajstić information content (AvgIpc) is 1.59. The summed E-state index contributed by atoms with van der Waals surface area (Å²) in [4.78, 5) is 195.